The fourth-order valence-corrected chi connectivity index (χ4v) is 3.11. The largest absolute Gasteiger partial charge is 0.543 e. The number of aliphatic hydroxyl groups is 1. The molecule has 1 rings (SSSR count). The summed E-state index contributed by atoms with van der Waals surface area (Å²) in [5.74, 6) is 0.930. The lowest BCUT2D eigenvalue weighted by molar-refractivity contribution is -0.145. The Hall–Kier alpha value is -1.73. The Balaban J connectivity index is 3.25. The molecule has 0 aliphatic carbocycles. The van der Waals surface area contributed by atoms with E-state index in [0.29, 0.717) is 22.8 Å². The number of esters is 1. The fourth-order valence-electron chi connectivity index (χ4n) is 2.10. The smallest absolute Gasteiger partial charge is 0.344 e. The van der Waals surface area contributed by atoms with Crippen molar-refractivity contribution in [3.63, 3.8) is 0 Å². The molecule has 154 valence electrons. The number of aliphatic hydroxyl groups excluding tert-OH is 1. The van der Waals surface area contributed by atoms with Gasteiger partial charge in [0.25, 0.3) is 0 Å². The maximum absolute atomic E-state index is 11.6. The summed E-state index contributed by atoms with van der Waals surface area (Å²) in [6, 6.07) is 3.51. The summed E-state index contributed by atoms with van der Waals surface area (Å²) in [5, 5.41) is 9.86. The summed E-state index contributed by atoms with van der Waals surface area (Å²) in [5.41, 5.74) is 0.506. The Morgan fingerprint density at radius 1 is 1.22 bits per heavy atom. The highest BCUT2D eigenvalue weighted by Crippen LogP contribution is 2.41. The third kappa shape index (κ3) is 6.73. The van der Waals surface area contributed by atoms with Gasteiger partial charge in [0, 0.05) is 11.6 Å². The van der Waals surface area contributed by atoms with Crippen molar-refractivity contribution in [1.29, 1.82) is 0 Å². The Bertz CT molecular complexity index is 634. The molecule has 1 aromatic rings. The van der Waals surface area contributed by atoms with Crippen molar-refractivity contribution in [2.45, 2.75) is 72.4 Å². The molecule has 1 N–H and O–H groups in total. The van der Waals surface area contributed by atoms with E-state index < -0.39 is 14.3 Å². The van der Waals surface area contributed by atoms with Crippen molar-refractivity contribution in [2.75, 3.05) is 13.2 Å². The molecule has 0 bridgehead atoms. The van der Waals surface area contributed by atoms with Gasteiger partial charge in [-0.25, -0.2) is 4.79 Å². The number of carbonyl (C=O) groups excluding carboxylic acids is 1. The Morgan fingerprint density at radius 2 is 1.85 bits per heavy atom. The molecule has 27 heavy (non-hydrogen) atoms. The normalized spacial score (nSPS) is 12.1. The zero-order chi connectivity index (χ0) is 20.8. The molecule has 0 spiro atoms. The van der Waals surface area contributed by atoms with Gasteiger partial charge in [0.05, 0.1) is 19.3 Å². The first-order valence-electron chi connectivity index (χ1n) is 9.33. The van der Waals surface area contributed by atoms with Gasteiger partial charge in [-0.05, 0) is 45.0 Å². The molecule has 1 aromatic carbocycles. The molecule has 6 nitrogen and oxygen atoms in total. The number of rotatable bonds is 9. The number of carbonyl (C=O) groups is 1. The van der Waals surface area contributed by atoms with E-state index in [1.807, 2.05) is 13.8 Å². The Labute approximate surface area is 163 Å². The van der Waals surface area contributed by atoms with Crippen molar-refractivity contribution in [3.05, 3.63) is 17.7 Å². The predicted octanol–water partition coefficient (Wildman–Crippen LogP) is 4.29. The molecule has 0 fully saturated rings. The second-order valence-electron chi connectivity index (χ2n) is 8.19. The lowest BCUT2D eigenvalue weighted by Crippen LogP contribution is -2.43. The van der Waals surface area contributed by atoms with Crippen LogP contribution in [-0.2, 0) is 16.1 Å². The quantitative estimate of drug-likeness (QED) is 0.494. The molecule has 0 atom stereocenters. The van der Waals surface area contributed by atoms with Gasteiger partial charge >= 0.3 is 5.97 Å². The first kappa shape index (κ1) is 23.3. The molecule has 0 amide bonds. The summed E-state index contributed by atoms with van der Waals surface area (Å²) in [6.45, 7) is 16.1. The van der Waals surface area contributed by atoms with Crippen LogP contribution in [0.5, 0.6) is 17.2 Å². The molecule has 0 aromatic heterocycles. The minimum absolute atomic E-state index is 0.0323. The van der Waals surface area contributed by atoms with Crippen LogP contribution in [0.15, 0.2) is 12.1 Å². The van der Waals surface area contributed by atoms with Crippen LogP contribution in [0.3, 0.4) is 0 Å². The van der Waals surface area contributed by atoms with E-state index >= 15 is 0 Å². The van der Waals surface area contributed by atoms with Gasteiger partial charge in [-0.3, -0.25) is 0 Å². The van der Waals surface area contributed by atoms with E-state index in [1.165, 1.54) is 0 Å². The lowest BCUT2D eigenvalue weighted by atomic mass is 10.2. The van der Waals surface area contributed by atoms with E-state index in [4.69, 9.17) is 18.6 Å². The van der Waals surface area contributed by atoms with Crippen LogP contribution in [0.1, 0.15) is 47.1 Å². The molecule has 0 aliphatic heterocycles. The highest BCUT2D eigenvalue weighted by molar-refractivity contribution is 6.74. The summed E-state index contributed by atoms with van der Waals surface area (Å²) < 4.78 is 22.7. The zero-order valence-corrected chi connectivity index (χ0v) is 18.8. The standard InChI is InChI=1S/C20H34O6Si/c1-9-23-18(22)13-24-19-15(12-21)10-16(11-17(19)25-14(2)3)26-27(7,8)20(4,5)6/h10-11,14,21H,9,12-13H2,1-8H3. The molecule has 7 heteroatoms. The topological polar surface area (TPSA) is 74.2 Å². The average molecular weight is 399 g/mol. The molecule has 0 heterocycles. The summed E-state index contributed by atoms with van der Waals surface area (Å²) in [4.78, 5) is 11.6. The Kier molecular flexibility index (Phi) is 8.17. The van der Waals surface area contributed by atoms with Crippen molar-refractivity contribution < 1.29 is 28.5 Å². The first-order valence-corrected chi connectivity index (χ1v) is 12.2. The third-order valence-electron chi connectivity index (χ3n) is 4.46. The Morgan fingerprint density at radius 3 is 2.33 bits per heavy atom. The number of hydrogen-bond acceptors (Lipinski definition) is 6. The molecule has 0 aliphatic rings. The molecule has 0 unspecified atom stereocenters. The van der Waals surface area contributed by atoms with Crippen LogP contribution in [0.25, 0.3) is 0 Å². The SMILES string of the molecule is CCOC(=O)COc1c(CO)cc(O[Si](C)(C)C(C)(C)C)cc1OC(C)C. The monoisotopic (exact) mass is 398 g/mol. The van der Waals surface area contributed by atoms with Crippen molar-refractivity contribution in [3.8, 4) is 17.2 Å². The highest BCUT2D eigenvalue weighted by atomic mass is 28.4. The molecule has 0 saturated carbocycles. The maximum atomic E-state index is 11.6. The van der Waals surface area contributed by atoms with Crippen LogP contribution < -0.4 is 13.9 Å². The van der Waals surface area contributed by atoms with Crippen LogP contribution in [0, 0.1) is 0 Å². The van der Waals surface area contributed by atoms with E-state index in [9.17, 15) is 9.90 Å². The molecule has 0 saturated heterocycles. The summed E-state index contributed by atoms with van der Waals surface area (Å²) in [7, 11) is -2.06. The minimum Gasteiger partial charge on any atom is -0.543 e. The average Bonchev–Trinajstić information content (AvgIpc) is 2.51. The van der Waals surface area contributed by atoms with Crippen molar-refractivity contribution in [2.24, 2.45) is 0 Å². The van der Waals surface area contributed by atoms with Gasteiger partial charge in [0.2, 0.25) is 8.32 Å². The van der Waals surface area contributed by atoms with Crippen LogP contribution in [-0.4, -0.2) is 38.7 Å². The van der Waals surface area contributed by atoms with Gasteiger partial charge in [-0.2, -0.15) is 0 Å². The maximum Gasteiger partial charge on any atom is 0.344 e. The van der Waals surface area contributed by atoms with E-state index in [-0.39, 0.29) is 31.0 Å². The van der Waals surface area contributed by atoms with Gasteiger partial charge in [0.15, 0.2) is 18.1 Å². The molecule has 0 radical (unpaired) electrons. The second-order valence-corrected chi connectivity index (χ2v) is 12.9. The van der Waals surface area contributed by atoms with Gasteiger partial charge in [0.1, 0.15) is 5.75 Å². The highest BCUT2D eigenvalue weighted by Gasteiger charge is 2.39. The van der Waals surface area contributed by atoms with Crippen molar-refractivity contribution in [1.82, 2.24) is 0 Å². The number of benzene rings is 1. The zero-order valence-electron chi connectivity index (χ0n) is 17.8. The third-order valence-corrected chi connectivity index (χ3v) is 8.82. The van der Waals surface area contributed by atoms with Crippen molar-refractivity contribution >= 4 is 14.3 Å². The molecular formula is C20H34O6Si. The predicted molar refractivity (Wildman–Crippen MR) is 108 cm³/mol. The first-order chi connectivity index (χ1) is 12.4. The van der Waals surface area contributed by atoms with E-state index in [1.54, 1.807) is 19.1 Å². The summed E-state index contributed by atoms with van der Waals surface area (Å²) in [6.07, 6.45) is -0.107. The van der Waals surface area contributed by atoms with Gasteiger partial charge in [-0.1, -0.05) is 20.8 Å². The molecular weight excluding hydrogens is 364 g/mol. The minimum atomic E-state index is -2.06. The van der Waals surface area contributed by atoms with Crippen LogP contribution in [0.4, 0.5) is 0 Å². The number of ether oxygens (including phenoxy) is 3. The van der Waals surface area contributed by atoms with Crippen LogP contribution in [0.2, 0.25) is 18.1 Å². The second kappa shape index (κ2) is 9.46. The van der Waals surface area contributed by atoms with E-state index in [2.05, 4.69) is 33.9 Å². The van der Waals surface area contributed by atoms with E-state index in [0.717, 1.165) is 0 Å². The lowest BCUT2D eigenvalue weighted by Gasteiger charge is -2.36. The summed E-state index contributed by atoms with van der Waals surface area (Å²) >= 11 is 0. The number of hydrogen-bond donors (Lipinski definition) is 1. The van der Waals surface area contributed by atoms with Gasteiger partial charge < -0.3 is 23.7 Å². The van der Waals surface area contributed by atoms with Crippen LogP contribution >= 0.6 is 0 Å². The van der Waals surface area contributed by atoms with Gasteiger partial charge in [-0.15, -0.1) is 0 Å². The fraction of sp³-hybridized carbons (Fsp3) is 0.650.